The number of aromatic nitrogens is 1. The summed E-state index contributed by atoms with van der Waals surface area (Å²) in [5.41, 5.74) is 12.0. The first kappa shape index (κ1) is 11.7. The second-order valence-electron chi connectivity index (χ2n) is 6.26. The minimum atomic E-state index is 0.773. The van der Waals surface area contributed by atoms with Gasteiger partial charge in [-0.1, -0.05) is 18.3 Å². The van der Waals surface area contributed by atoms with Gasteiger partial charge in [0.15, 0.2) is 5.69 Å². The van der Waals surface area contributed by atoms with Gasteiger partial charge in [-0.05, 0) is 50.0 Å². The van der Waals surface area contributed by atoms with Crippen molar-refractivity contribution in [1.82, 2.24) is 0 Å². The third kappa shape index (κ3) is 1.71. The van der Waals surface area contributed by atoms with Crippen LogP contribution >= 0.6 is 11.3 Å². The van der Waals surface area contributed by atoms with Gasteiger partial charge in [-0.15, -0.1) is 0 Å². The molecule has 0 aliphatic heterocycles. The van der Waals surface area contributed by atoms with E-state index in [0.717, 1.165) is 18.0 Å². The van der Waals surface area contributed by atoms with Gasteiger partial charge in [-0.2, -0.15) is 4.98 Å². The summed E-state index contributed by atoms with van der Waals surface area (Å²) in [6.07, 6.45) is 8.75. The lowest BCUT2D eigenvalue weighted by molar-refractivity contribution is -0.356. The van der Waals surface area contributed by atoms with Crippen LogP contribution in [0.2, 0.25) is 0 Å². The van der Waals surface area contributed by atoms with Crippen molar-refractivity contribution in [2.75, 3.05) is 5.73 Å². The molecule has 0 radical (unpaired) electrons. The molecule has 100 valence electrons. The Morgan fingerprint density at radius 1 is 1.16 bits per heavy atom. The van der Waals surface area contributed by atoms with Gasteiger partial charge in [0.05, 0.1) is 11.1 Å². The number of rotatable bonds is 0. The number of anilines is 1. The lowest BCUT2D eigenvalue weighted by Crippen LogP contribution is -2.23. The van der Waals surface area contributed by atoms with Crippen molar-refractivity contribution in [3.8, 4) is 0 Å². The van der Waals surface area contributed by atoms with E-state index in [4.69, 9.17) is 5.73 Å². The molecule has 4 rings (SSSR count). The summed E-state index contributed by atoms with van der Waals surface area (Å²) in [5, 5.41) is 1.37. The maximum absolute atomic E-state index is 6.56. The van der Waals surface area contributed by atoms with Crippen molar-refractivity contribution in [2.45, 2.75) is 51.9 Å². The van der Waals surface area contributed by atoms with E-state index in [1.54, 1.807) is 10.4 Å². The number of H-pyrrole nitrogens is 1. The molecule has 0 saturated heterocycles. The highest BCUT2D eigenvalue weighted by atomic mass is 32.1. The Morgan fingerprint density at radius 2 is 2.00 bits per heavy atom. The molecule has 1 atom stereocenters. The predicted molar refractivity (Wildman–Crippen MR) is 80.6 cm³/mol. The van der Waals surface area contributed by atoms with Crippen LogP contribution in [0.3, 0.4) is 0 Å². The first-order valence-corrected chi connectivity index (χ1v) is 8.32. The summed E-state index contributed by atoms with van der Waals surface area (Å²) in [5.74, 6) is 0.773. The van der Waals surface area contributed by atoms with Gasteiger partial charge in [-0.25, -0.2) is 0 Å². The van der Waals surface area contributed by atoms with Crippen LogP contribution in [-0.2, 0) is 25.7 Å². The quantitative estimate of drug-likeness (QED) is 0.786. The molecule has 0 unspecified atom stereocenters. The maximum Gasteiger partial charge on any atom is 0.270 e. The smallest absolute Gasteiger partial charge is 0.270 e. The first-order chi connectivity index (χ1) is 9.24. The molecule has 0 saturated carbocycles. The third-order valence-corrected chi connectivity index (χ3v) is 6.04. The largest absolute Gasteiger partial charge is 0.398 e. The number of fused-ring (bicyclic) bond motifs is 4. The highest BCUT2D eigenvalue weighted by Gasteiger charge is 2.29. The second-order valence-corrected chi connectivity index (χ2v) is 7.36. The topological polar surface area (TPSA) is 40.2 Å². The number of pyridine rings is 1. The van der Waals surface area contributed by atoms with E-state index in [1.807, 2.05) is 11.3 Å². The summed E-state index contributed by atoms with van der Waals surface area (Å²) in [6, 6.07) is 0. The fourth-order valence-electron chi connectivity index (χ4n) is 3.75. The Balaban J connectivity index is 1.99. The van der Waals surface area contributed by atoms with Crippen LogP contribution in [0.5, 0.6) is 0 Å². The number of nitrogens with two attached hydrogens (primary N) is 1. The highest BCUT2D eigenvalue weighted by molar-refractivity contribution is 7.18. The molecule has 2 aromatic rings. The number of thiophene rings is 1. The zero-order valence-electron chi connectivity index (χ0n) is 11.5. The van der Waals surface area contributed by atoms with Crippen LogP contribution in [0.1, 0.15) is 47.9 Å². The molecule has 0 amide bonds. The van der Waals surface area contributed by atoms with Gasteiger partial charge in [0.2, 0.25) is 0 Å². The number of aromatic amines is 1. The number of hydrogen-bond donors (Lipinski definition) is 1. The average Bonchev–Trinajstić information content (AvgIpc) is 2.78. The van der Waals surface area contributed by atoms with Gasteiger partial charge in [0, 0.05) is 16.9 Å². The molecule has 0 fully saturated rings. The summed E-state index contributed by atoms with van der Waals surface area (Å²) in [7, 11) is 0. The lowest BCUT2D eigenvalue weighted by Gasteiger charge is -2.19. The Hall–Kier alpha value is -1.09. The SMILES string of the molecule is C[C@H]1CCc2[nH+]c3sc4c(c3c(N)c2C1)CCCC4. The molecular formula is C16H21N2S+. The van der Waals surface area contributed by atoms with Crippen molar-refractivity contribution in [2.24, 2.45) is 5.92 Å². The van der Waals surface area contributed by atoms with Crippen LogP contribution < -0.4 is 10.7 Å². The van der Waals surface area contributed by atoms with Crippen LogP contribution in [0, 0.1) is 5.92 Å². The van der Waals surface area contributed by atoms with Gasteiger partial charge >= 0.3 is 0 Å². The Kier molecular flexibility index (Phi) is 2.59. The maximum atomic E-state index is 6.56. The predicted octanol–water partition coefficient (Wildman–Crippen LogP) is 3.30. The Bertz CT molecular complexity index is 657. The molecule has 0 bridgehead atoms. The molecule has 3 N–H and O–H groups in total. The Morgan fingerprint density at radius 3 is 2.89 bits per heavy atom. The van der Waals surface area contributed by atoms with Gasteiger partial charge < -0.3 is 5.73 Å². The molecule has 0 aromatic carbocycles. The van der Waals surface area contributed by atoms with E-state index in [9.17, 15) is 0 Å². The lowest BCUT2D eigenvalue weighted by atomic mass is 9.85. The number of aryl methyl sites for hydroxylation is 3. The van der Waals surface area contributed by atoms with Crippen molar-refractivity contribution in [3.63, 3.8) is 0 Å². The highest BCUT2D eigenvalue weighted by Crippen LogP contribution is 2.40. The number of nitrogens with one attached hydrogen (secondary N) is 1. The zero-order valence-corrected chi connectivity index (χ0v) is 12.3. The monoisotopic (exact) mass is 273 g/mol. The Labute approximate surface area is 118 Å². The zero-order chi connectivity index (χ0) is 13.0. The molecule has 3 heteroatoms. The molecule has 2 aromatic heterocycles. The normalized spacial score (nSPS) is 22.3. The summed E-state index contributed by atoms with van der Waals surface area (Å²) >= 11 is 1.95. The molecular weight excluding hydrogens is 252 g/mol. The van der Waals surface area contributed by atoms with Crippen molar-refractivity contribution < 1.29 is 4.98 Å². The number of hydrogen-bond acceptors (Lipinski definition) is 2. The van der Waals surface area contributed by atoms with E-state index in [-0.39, 0.29) is 0 Å². The molecule has 2 aliphatic rings. The molecule has 2 heterocycles. The number of nitrogen functional groups attached to an aromatic ring is 1. The minimum Gasteiger partial charge on any atom is -0.398 e. The fraction of sp³-hybridized carbons (Fsp3) is 0.562. The van der Waals surface area contributed by atoms with Crippen LogP contribution in [-0.4, -0.2) is 0 Å². The van der Waals surface area contributed by atoms with Gasteiger partial charge in [0.1, 0.15) is 0 Å². The molecule has 2 aliphatic carbocycles. The van der Waals surface area contributed by atoms with E-state index >= 15 is 0 Å². The van der Waals surface area contributed by atoms with Crippen molar-refractivity contribution in [1.29, 1.82) is 0 Å². The minimum absolute atomic E-state index is 0.773. The van der Waals surface area contributed by atoms with E-state index < -0.39 is 0 Å². The second kappa shape index (κ2) is 4.20. The van der Waals surface area contributed by atoms with Gasteiger partial charge in [-0.3, -0.25) is 0 Å². The fourth-order valence-corrected chi connectivity index (χ4v) is 5.08. The first-order valence-electron chi connectivity index (χ1n) is 7.50. The third-order valence-electron chi connectivity index (χ3n) is 4.83. The average molecular weight is 273 g/mol. The molecule has 19 heavy (non-hydrogen) atoms. The van der Waals surface area contributed by atoms with Crippen LogP contribution in [0.15, 0.2) is 0 Å². The van der Waals surface area contributed by atoms with Crippen molar-refractivity contribution >= 4 is 27.2 Å². The summed E-state index contributed by atoms with van der Waals surface area (Å²) < 4.78 is 0. The standard InChI is InChI=1S/C16H20N2S/c1-9-6-7-12-11(8-9)15(17)14-10-4-2-3-5-13(10)19-16(14)18-12/h9H,2-8H2,1H3,(H2,17,18)/p+1/t9-/m0/s1. The van der Waals surface area contributed by atoms with E-state index in [1.165, 1.54) is 60.0 Å². The van der Waals surface area contributed by atoms with Gasteiger partial charge in [0.25, 0.3) is 4.83 Å². The van der Waals surface area contributed by atoms with E-state index in [2.05, 4.69) is 11.9 Å². The van der Waals surface area contributed by atoms with Crippen LogP contribution in [0.25, 0.3) is 10.2 Å². The molecule has 2 nitrogen and oxygen atoms in total. The summed E-state index contributed by atoms with van der Waals surface area (Å²) in [6.45, 7) is 2.34. The van der Waals surface area contributed by atoms with Crippen LogP contribution in [0.4, 0.5) is 5.69 Å². The molecule has 0 spiro atoms. The summed E-state index contributed by atoms with van der Waals surface area (Å²) in [4.78, 5) is 6.62. The van der Waals surface area contributed by atoms with E-state index in [0.29, 0.717) is 0 Å². The van der Waals surface area contributed by atoms with Crippen molar-refractivity contribution in [3.05, 3.63) is 21.7 Å².